The highest BCUT2D eigenvalue weighted by Crippen LogP contribution is 2.31. The number of rotatable bonds is 5. The van der Waals surface area contributed by atoms with Gasteiger partial charge in [0.25, 0.3) is 10.2 Å². The van der Waals surface area contributed by atoms with E-state index in [1.165, 1.54) is 12.1 Å². The van der Waals surface area contributed by atoms with E-state index in [0.29, 0.717) is 0 Å². The third-order valence-corrected chi connectivity index (χ3v) is 2.93. The van der Waals surface area contributed by atoms with Crippen molar-refractivity contribution in [1.82, 2.24) is 4.72 Å². The van der Waals surface area contributed by atoms with E-state index in [-0.39, 0.29) is 18.5 Å². The smallest absolute Gasteiger partial charge is 0.388 e. The second kappa shape index (κ2) is 5.87. The lowest BCUT2D eigenvalue weighted by molar-refractivity contribution is -0.137. The van der Waals surface area contributed by atoms with Crippen LogP contribution in [0, 0.1) is 0 Å². The minimum absolute atomic E-state index is 0.0612. The first-order valence-electron chi connectivity index (χ1n) is 5.22. The third-order valence-electron chi connectivity index (χ3n) is 2.32. The fourth-order valence-electron chi connectivity index (χ4n) is 1.43. The molecule has 0 aromatic heterocycles. The monoisotopic (exact) mass is 298 g/mol. The number of nitrogens with one attached hydrogen (secondary N) is 1. The predicted molar refractivity (Wildman–Crippen MR) is 62.1 cm³/mol. The van der Waals surface area contributed by atoms with E-state index in [9.17, 15) is 26.7 Å². The van der Waals surface area contributed by atoms with Crippen molar-refractivity contribution in [3.8, 4) is 0 Å². The number of benzene rings is 1. The lowest BCUT2D eigenvalue weighted by Gasteiger charge is -2.13. The van der Waals surface area contributed by atoms with Crippen molar-refractivity contribution in [3.63, 3.8) is 0 Å². The van der Waals surface area contributed by atoms with Gasteiger partial charge in [-0.25, -0.2) is 9.86 Å². The Morgan fingerprint density at radius 1 is 1.37 bits per heavy atom. The summed E-state index contributed by atoms with van der Waals surface area (Å²) >= 11 is 0. The standard InChI is InChI=1S/C10H13F3N2O3S/c11-10(12,13)8-3-1-2-7(6-8)9(16)4-5-15-19(14,17)18/h1-3,6,9,15-16H,4-5H2,(H2,14,17,18). The van der Waals surface area contributed by atoms with Crippen molar-refractivity contribution in [2.75, 3.05) is 6.54 Å². The molecule has 108 valence electrons. The average Bonchev–Trinajstić information content (AvgIpc) is 2.26. The SMILES string of the molecule is NS(=O)(=O)NCCC(O)c1cccc(C(F)(F)F)c1. The zero-order valence-corrected chi connectivity index (χ0v) is 10.5. The molecule has 0 saturated heterocycles. The van der Waals surface area contributed by atoms with E-state index in [1.54, 1.807) is 0 Å². The van der Waals surface area contributed by atoms with Gasteiger partial charge in [0.05, 0.1) is 11.7 Å². The Labute approximate surface area is 108 Å². The maximum Gasteiger partial charge on any atom is 0.416 e. The van der Waals surface area contributed by atoms with Crippen molar-refractivity contribution in [1.29, 1.82) is 0 Å². The Hall–Kier alpha value is -1.16. The van der Waals surface area contributed by atoms with E-state index >= 15 is 0 Å². The molecule has 1 unspecified atom stereocenters. The molecule has 0 aliphatic carbocycles. The van der Waals surface area contributed by atoms with Crippen LogP contribution < -0.4 is 9.86 Å². The normalized spacial score (nSPS) is 14.4. The van der Waals surface area contributed by atoms with Crippen molar-refractivity contribution < 1.29 is 26.7 Å². The summed E-state index contributed by atoms with van der Waals surface area (Å²) in [6.07, 6.45) is -5.79. The van der Waals surface area contributed by atoms with E-state index in [4.69, 9.17) is 0 Å². The first kappa shape index (κ1) is 15.9. The molecule has 5 nitrogen and oxygen atoms in total. The highest BCUT2D eigenvalue weighted by Gasteiger charge is 2.30. The molecular formula is C10H13F3N2O3S. The van der Waals surface area contributed by atoms with E-state index in [1.807, 2.05) is 4.72 Å². The van der Waals surface area contributed by atoms with E-state index in [0.717, 1.165) is 12.1 Å². The molecule has 0 aliphatic heterocycles. The summed E-state index contributed by atoms with van der Waals surface area (Å²) in [5.41, 5.74) is -0.811. The van der Waals surface area contributed by atoms with Gasteiger partial charge in [0.2, 0.25) is 0 Å². The van der Waals surface area contributed by atoms with Crippen LogP contribution in [0.2, 0.25) is 0 Å². The van der Waals surface area contributed by atoms with Crippen LogP contribution in [0.15, 0.2) is 24.3 Å². The molecule has 1 aromatic rings. The number of hydrogen-bond acceptors (Lipinski definition) is 3. The molecule has 9 heteroatoms. The number of aliphatic hydroxyl groups is 1. The predicted octanol–water partition coefficient (Wildman–Crippen LogP) is 0.922. The molecule has 0 bridgehead atoms. The largest absolute Gasteiger partial charge is 0.416 e. The molecule has 0 saturated carbocycles. The Morgan fingerprint density at radius 2 is 2.00 bits per heavy atom. The minimum Gasteiger partial charge on any atom is -0.388 e. The molecule has 1 rings (SSSR count). The van der Waals surface area contributed by atoms with Gasteiger partial charge in [0.1, 0.15) is 0 Å². The van der Waals surface area contributed by atoms with Crippen LogP contribution >= 0.6 is 0 Å². The van der Waals surface area contributed by atoms with Gasteiger partial charge in [-0.3, -0.25) is 0 Å². The van der Waals surface area contributed by atoms with Gasteiger partial charge in [0.15, 0.2) is 0 Å². The van der Waals surface area contributed by atoms with Crippen LogP contribution in [-0.4, -0.2) is 20.1 Å². The van der Waals surface area contributed by atoms with Crippen LogP contribution in [0.3, 0.4) is 0 Å². The van der Waals surface area contributed by atoms with Gasteiger partial charge in [-0.1, -0.05) is 12.1 Å². The lowest BCUT2D eigenvalue weighted by Crippen LogP contribution is -2.32. The Kier molecular flexibility index (Phi) is 4.91. The number of alkyl halides is 3. The Morgan fingerprint density at radius 3 is 2.53 bits per heavy atom. The molecule has 0 radical (unpaired) electrons. The Bertz CT molecular complexity index is 531. The number of halogens is 3. The van der Waals surface area contributed by atoms with Gasteiger partial charge >= 0.3 is 6.18 Å². The van der Waals surface area contributed by atoms with Crippen LogP contribution in [0.5, 0.6) is 0 Å². The molecule has 19 heavy (non-hydrogen) atoms. The van der Waals surface area contributed by atoms with Crippen LogP contribution in [0.1, 0.15) is 23.7 Å². The molecule has 0 spiro atoms. The summed E-state index contributed by atoms with van der Waals surface area (Å²) < 4.78 is 60.4. The second-order valence-corrected chi connectivity index (χ2v) is 5.25. The van der Waals surface area contributed by atoms with Crippen LogP contribution in [-0.2, 0) is 16.4 Å². The van der Waals surface area contributed by atoms with Crippen molar-refractivity contribution in [3.05, 3.63) is 35.4 Å². The number of hydrogen-bond donors (Lipinski definition) is 3. The molecule has 0 heterocycles. The second-order valence-electron chi connectivity index (χ2n) is 3.87. The lowest BCUT2D eigenvalue weighted by atomic mass is 10.0. The van der Waals surface area contributed by atoms with Crippen molar-refractivity contribution in [2.45, 2.75) is 18.7 Å². The summed E-state index contributed by atoms with van der Waals surface area (Å²) in [6, 6.07) is 4.21. The molecule has 0 amide bonds. The van der Waals surface area contributed by atoms with Crippen molar-refractivity contribution >= 4 is 10.2 Å². The number of aliphatic hydroxyl groups excluding tert-OH is 1. The van der Waals surface area contributed by atoms with Gasteiger partial charge in [-0.15, -0.1) is 0 Å². The molecule has 0 fully saturated rings. The summed E-state index contributed by atoms with van der Waals surface area (Å²) in [7, 11) is -3.87. The molecule has 1 atom stereocenters. The summed E-state index contributed by atoms with van der Waals surface area (Å²) in [5, 5.41) is 14.3. The molecule has 0 aliphatic rings. The van der Waals surface area contributed by atoms with E-state index in [2.05, 4.69) is 5.14 Å². The molecular weight excluding hydrogens is 285 g/mol. The highest BCUT2D eigenvalue weighted by atomic mass is 32.2. The minimum atomic E-state index is -4.49. The average molecular weight is 298 g/mol. The van der Waals surface area contributed by atoms with Crippen molar-refractivity contribution in [2.24, 2.45) is 5.14 Å². The Balaban J connectivity index is 2.70. The van der Waals surface area contributed by atoms with Gasteiger partial charge < -0.3 is 5.11 Å². The van der Waals surface area contributed by atoms with Gasteiger partial charge in [-0.2, -0.15) is 21.6 Å². The zero-order chi connectivity index (χ0) is 14.7. The van der Waals surface area contributed by atoms with Gasteiger partial charge in [0, 0.05) is 6.54 Å². The fourth-order valence-corrected chi connectivity index (χ4v) is 1.83. The van der Waals surface area contributed by atoms with Crippen LogP contribution in [0.25, 0.3) is 0 Å². The maximum atomic E-state index is 12.4. The first-order chi connectivity index (χ1) is 8.59. The summed E-state index contributed by atoms with van der Waals surface area (Å²) in [6.45, 7) is -0.170. The van der Waals surface area contributed by atoms with Gasteiger partial charge in [-0.05, 0) is 24.1 Å². The summed E-state index contributed by atoms with van der Waals surface area (Å²) in [4.78, 5) is 0. The molecule has 1 aromatic carbocycles. The molecule has 4 N–H and O–H groups in total. The van der Waals surface area contributed by atoms with E-state index < -0.39 is 28.1 Å². The quantitative estimate of drug-likeness (QED) is 0.755. The topological polar surface area (TPSA) is 92.4 Å². The fraction of sp³-hybridized carbons (Fsp3) is 0.400. The third kappa shape index (κ3) is 5.55. The highest BCUT2D eigenvalue weighted by molar-refractivity contribution is 7.87. The maximum absolute atomic E-state index is 12.4. The van der Waals surface area contributed by atoms with Crippen LogP contribution in [0.4, 0.5) is 13.2 Å². The summed E-state index contributed by atoms with van der Waals surface area (Å²) in [5.74, 6) is 0. The first-order valence-corrected chi connectivity index (χ1v) is 6.77. The number of nitrogens with two attached hydrogens (primary N) is 1. The zero-order valence-electron chi connectivity index (χ0n) is 9.68.